The number of carboxylic acids is 1. The summed E-state index contributed by atoms with van der Waals surface area (Å²) in [6.07, 6.45) is 1.74. The van der Waals surface area contributed by atoms with Crippen LogP contribution in [0.3, 0.4) is 0 Å². The smallest absolute Gasteiger partial charge is 0.356 e. The lowest BCUT2D eigenvalue weighted by atomic mass is 10.3. The molecule has 0 aliphatic carbocycles. The fraction of sp³-hybridized carbons (Fsp3) is 0.455. The number of aromatic nitrogens is 2. The Morgan fingerprint density at radius 1 is 1.65 bits per heavy atom. The van der Waals surface area contributed by atoms with Gasteiger partial charge in [-0.25, -0.2) is 9.78 Å². The number of anilines is 1. The molecule has 2 aromatic heterocycles. The van der Waals surface area contributed by atoms with Gasteiger partial charge < -0.3 is 10.0 Å². The molecule has 2 heterocycles. The highest BCUT2D eigenvalue weighted by molar-refractivity contribution is 7.15. The quantitative estimate of drug-likeness (QED) is 0.908. The van der Waals surface area contributed by atoms with Gasteiger partial charge in [0.25, 0.3) is 0 Å². The van der Waals surface area contributed by atoms with Crippen LogP contribution in [0, 0.1) is 0 Å². The van der Waals surface area contributed by atoms with E-state index in [2.05, 4.69) is 4.98 Å². The first-order valence-corrected chi connectivity index (χ1v) is 6.39. The molecule has 0 aliphatic heterocycles. The fourth-order valence-corrected chi connectivity index (χ4v) is 2.64. The summed E-state index contributed by atoms with van der Waals surface area (Å²) in [6.45, 7) is 6.80. The molecule has 0 amide bonds. The van der Waals surface area contributed by atoms with Gasteiger partial charge in [0.1, 0.15) is 0 Å². The van der Waals surface area contributed by atoms with Gasteiger partial charge in [-0.15, -0.1) is 11.3 Å². The van der Waals surface area contributed by atoms with Crippen molar-refractivity contribution in [1.82, 2.24) is 9.38 Å². The predicted octanol–water partition coefficient (Wildman–Crippen LogP) is 2.33. The van der Waals surface area contributed by atoms with Crippen LogP contribution in [0.4, 0.5) is 5.82 Å². The van der Waals surface area contributed by atoms with Crippen molar-refractivity contribution in [3.05, 3.63) is 17.3 Å². The first-order valence-electron chi connectivity index (χ1n) is 5.51. The minimum atomic E-state index is -0.940. The van der Waals surface area contributed by atoms with E-state index in [1.54, 1.807) is 10.6 Å². The summed E-state index contributed by atoms with van der Waals surface area (Å²) >= 11 is 1.44. The molecular formula is C11H15N3O2S. The third-order valence-corrected chi connectivity index (χ3v) is 3.44. The molecule has 0 aromatic carbocycles. The van der Waals surface area contributed by atoms with Gasteiger partial charge in [0.05, 0.1) is 0 Å². The van der Waals surface area contributed by atoms with Gasteiger partial charge in [0, 0.05) is 24.2 Å². The van der Waals surface area contributed by atoms with Crippen molar-refractivity contribution in [3.63, 3.8) is 0 Å². The van der Waals surface area contributed by atoms with E-state index in [0.29, 0.717) is 5.82 Å². The Hall–Kier alpha value is -1.56. The van der Waals surface area contributed by atoms with Crippen molar-refractivity contribution in [2.24, 2.45) is 0 Å². The molecule has 0 fully saturated rings. The third-order valence-electron chi connectivity index (χ3n) is 2.68. The fourth-order valence-electron chi connectivity index (χ4n) is 1.93. The van der Waals surface area contributed by atoms with E-state index in [1.165, 1.54) is 11.3 Å². The maximum absolute atomic E-state index is 11.4. The lowest BCUT2D eigenvalue weighted by Gasteiger charge is -2.25. The zero-order chi connectivity index (χ0) is 12.6. The number of rotatable bonds is 4. The van der Waals surface area contributed by atoms with Crippen LogP contribution >= 0.6 is 11.3 Å². The molecule has 6 heteroatoms. The SMILES string of the molecule is CCN(c1nc2sccn2c1C(=O)O)C(C)C. The average Bonchev–Trinajstić information content (AvgIpc) is 2.76. The first-order chi connectivity index (χ1) is 8.06. The van der Waals surface area contributed by atoms with Gasteiger partial charge in [-0.1, -0.05) is 0 Å². The third kappa shape index (κ3) is 1.88. The summed E-state index contributed by atoms with van der Waals surface area (Å²) in [4.78, 5) is 18.5. The van der Waals surface area contributed by atoms with E-state index in [-0.39, 0.29) is 11.7 Å². The lowest BCUT2D eigenvalue weighted by Crippen LogP contribution is -2.32. The molecule has 1 N–H and O–H groups in total. The second-order valence-corrected chi connectivity index (χ2v) is 4.90. The molecule has 2 aromatic rings. The molecule has 0 spiro atoms. The van der Waals surface area contributed by atoms with E-state index in [9.17, 15) is 9.90 Å². The van der Waals surface area contributed by atoms with Crippen LogP contribution in [-0.4, -0.2) is 33.0 Å². The topological polar surface area (TPSA) is 57.8 Å². The molecule has 5 nitrogen and oxygen atoms in total. The molecule has 2 rings (SSSR count). The van der Waals surface area contributed by atoms with Crippen molar-refractivity contribution in [2.75, 3.05) is 11.4 Å². The Labute approximate surface area is 103 Å². The highest BCUT2D eigenvalue weighted by atomic mass is 32.1. The van der Waals surface area contributed by atoms with Crippen molar-refractivity contribution >= 4 is 28.1 Å². The van der Waals surface area contributed by atoms with Gasteiger partial charge in [-0.05, 0) is 20.8 Å². The maximum atomic E-state index is 11.4. The standard InChI is InChI=1S/C11H15N3O2S/c1-4-13(7(2)3)9-8(10(15)16)14-5-6-17-11(14)12-9/h5-7H,4H2,1-3H3,(H,15,16). The number of hydrogen-bond donors (Lipinski definition) is 1. The molecule has 0 aliphatic rings. The molecule has 0 atom stereocenters. The zero-order valence-corrected chi connectivity index (χ0v) is 10.9. The molecule has 0 saturated carbocycles. The van der Waals surface area contributed by atoms with Crippen molar-refractivity contribution in [2.45, 2.75) is 26.8 Å². The summed E-state index contributed by atoms with van der Waals surface area (Å²) in [7, 11) is 0. The highest BCUT2D eigenvalue weighted by Gasteiger charge is 2.24. The highest BCUT2D eigenvalue weighted by Crippen LogP contribution is 2.25. The van der Waals surface area contributed by atoms with Gasteiger partial charge in [0.15, 0.2) is 16.5 Å². The number of carboxylic acid groups (broad SMARTS) is 1. The number of imidazole rings is 1. The Morgan fingerprint density at radius 2 is 2.35 bits per heavy atom. The Kier molecular flexibility index (Phi) is 3.06. The maximum Gasteiger partial charge on any atom is 0.356 e. The monoisotopic (exact) mass is 253 g/mol. The summed E-state index contributed by atoms with van der Waals surface area (Å²) in [5.41, 5.74) is 0.247. The molecule has 0 saturated heterocycles. The second kappa shape index (κ2) is 4.37. The number of thiazole rings is 1. The minimum absolute atomic E-state index is 0.225. The van der Waals surface area contributed by atoms with Crippen molar-refractivity contribution in [3.8, 4) is 0 Å². The number of nitrogens with zero attached hydrogens (tertiary/aromatic N) is 3. The second-order valence-electron chi connectivity index (χ2n) is 4.02. The summed E-state index contributed by atoms with van der Waals surface area (Å²) in [6, 6.07) is 0.225. The molecule has 17 heavy (non-hydrogen) atoms. The number of fused-ring (bicyclic) bond motifs is 1. The lowest BCUT2D eigenvalue weighted by molar-refractivity contribution is 0.0690. The Bertz CT molecular complexity index is 544. The van der Waals surface area contributed by atoms with E-state index in [1.807, 2.05) is 31.1 Å². The summed E-state index contributed by atoms with van der Waals surface area (Å²) in [5.74, 6) is -0.383. The average molecular weight is 253 g/mol. The Balaban J connectivity index is 2.63. The van der Waals surface area contributed by atoms with Crippen LogP contribution in [0.15, 0.2) is 11.6 Å². The normalized spacial score (nSPS) is 11.3. The first kappa shape index (κ1) is 11.9. The minimum Gasteiger partial charge on any atom is -0.476 e. The van der Waals surface area contributed by atoms with Crippen LogP contribution in [0.25, 0.3) is 4.96 Å². The van der Waals surface area contributed by atoms with Crippen LogP contribution in [0.2, 0.25) is 0 Å². The van der Waals surface area contributed by atoms with Gasteiger partial charge >= 0.3 is 5.97 Å². The van der Waals surface area contributed by atoms with Gasteiger partial charge in [0.2, 0.25) is 0 Å². The van der Waals surface area contributed by atoms with E-state index in [4.69, 9.17) is 0 Å². The number of hydrogen-bond acceptors (Lipinski definition) is 4. The van der Waals surface area contributed by atoms with Gasteiger partial charge in [-0.2, -0.15) is 0 Å². The van der Waals surface area contributed by atoms with E-state index < -0.39 is 5.97 Å². The largest absolute Gasteiger partial charge is 0.476 e. The molecule has 0 radical (unpaired) electrons. The van der Waals surface area contributed by atoms with E-state index >= 15 is 0 Å². The molecular weight excluding hydrogens is 238 g/mol. The van der Waals surface area contributed by atoms with Crippen LogP contribution in [-0.2, 0) is 0 Å². The van der Waals surface area contributed by atoms with Gasteiger partial charge in [-0.3, -0.25) is 4.40 Å². The predicted molar refractivity (Wildman–Crippen MR) is 68.2 cm³/mol. The Morgan fingerprint density at radius 3 is 2.88 bits per heavy atom. The van der Waals surface area contributed by atoms with Crippen molar-refractivity contribution in [1.29, 1.82) is 0 Å². The summed E-state index contributed by atoms with van der Waals surface area (Å²) in [5, 5.41) is 11.2. The number of aromatic carboxylic acids is 1. The molecule has 0 unspecified atom stereocenters. The zero-order valence-electron chi connectivity index (χ0n) is 10.0. The van der Waals surface area contributed by atoms with Crippen molar-refractivity contribution < 1.29 is 9.90 Å². The van der Waals surface area contributed by atoms with E-state index in [0.717, 1.165) is 11.5 Å². The summed E-state index contributed by atoms with van der Waals surface area (Å²) < 4.78 is 1.63. The van der Waals surface area contributed by atoms with Crippen LogP contribution in [0.5, 0.6) is 0 Å². The molecule has 0 bridgehead atoms. The van der Waals surface area contributed by atoms with Crippen LogP contribution < -0.4 is 4.90 Å². The van der Waals surface area contributed by atoms with Crippen LogP contribution in [0.1, 0.15) is 31.3 Å². The number of carbonyl (C=O) groups is 1. The molecule has 92 valence electrons.